The Morgan fingerprint density at radius 3 is 2.77 bits per heavy atom. The summed E-state index contributed by atoms with van der Waals surface area (Å²) in [5, 5.41) is 3.38. The fourth-order valence-electron chi connectivity index (χ4n) is 1.03. The van der Waals surface area contributed by atoms with E-state index < -0.39 is 0 Å². The van der Waals surface area contributed by atoms with Crippen LogP contribution in [-0.2, 0) is 0 Å². The maximum absolute atomic E-state index is 3.50. The number of unbranched alkanes of at least 4 members (excludes halogenated alkanes) is 1. The molecule has 0 radical (unpaired) electrons. The molecule has 0 amide bonds. The summed E-state index contributed by atoms with van der Waals surface area (Å²) >= 11 is 6.94. The first kappa shape index (κ1) is 11.1. The zero-order valence-corrected chi connectivity index (χ0v) is 10.8. The van der Waals surface area contributed by atoms with E-state index in [2.05, 4.69) is 50.2 Å². The summed E-state index contributed by atoms with van der Waals surface area (Å²) in [6, 6.07) is 6.15. The van der Waals surface area contributed by atoms with Crippen LogP contribution in [-0.4, -0.2) is 6.54 Å². The molecule has 1 aromatic rings. The molecule has 72 valence electrons. The molecule has 0 aliphatic heterocycles. The summed E-state index contributed by atoms with van der Waals surface area (Å²) in [7, 11) is 0. The summed E-state index contributed by atoms with van der Waals surface area (Å²) in [5.74, 6) is 0. The Labute approximate surface area is 96.2 Å². The van der Waals surface area contributed by atoms with E-state index in [1.54, 1.807) is 0 Å². The number of halogens is 2. The maximum Gasteiger partial charge on any atom is 0.0495 e. The second-order valence-corrected chi connectivity index (χ2v) is 4.67. The Hall–Kier alpha value is -0.0200. The SMILES string of the molecule is CCCCNc1cc(Br)ccc1Br. The molecule has 1 N–H and O–H groups in total. The summed E-state index contributed by atoms with van der Waals surface area (Å²) in [6.45, 7) is 3.23. The lowest BCUT2D eigenvalue weighted by Crippen LogP contribution is -2.01. The number of anilines is 1. The second-order valence-electron chi connectivity index (χ2n) is 2.90. The van der Waals surface area contributed by atoms with E-state index in [1.807, 2.05) is 12.1 Å². The third-order valence-corrected chi connectivity index (χ3v) is 2.96. The fourth-order valence-corrected chi connectivity index (χ4v) is 1.78. The van der Waals surface area contributed by atoms with Crippen LogP contribution in [0.2, 0.25) is 0 Å². The average Bonchev–Trinajstić information content (AvgIpc) is 2.11. The predicted molar refractivity (Wildman–Crippen MR) is 65.2 cm³/mol. The van der Waals surface area contributed by atoms with Gasteiger partial charge in [-0.2, -0.15) is 0 Å². The van der Waals surface area contributed by atoms with Gasteiger partial charge in [-0.3, -0.25) is 0 Å². The molecular formula is C10H13Br2N. The molecule has 0 spiro atoms. The van der Waals surface area contributed by atoms with Crippen molar-refractivity contribution in [3.63, 3.8) is 0 Å². The lowest BCUT2D eigenvalue weighted by atomic mass is 10.3. The van der Waals surface area contributed by atoms with Crippen molar-refractivity contribution in [1.82, 2.24) is 0 Å². The second kappa shape index (κ2) is 5.66. The minimum Gasteiger partial charge on any atom is -0.384 e. The van der Waals surface area contributed by atoms with Gasteiger partial charge >= 0.3 is 0 Å². The molecule has 0 aliphatic rings. The number of hydrogen-bond donors (Lipinski definition) is 1. The van der Waals surface area contributed by atoms with Crippen molar-refractivity contribution < 1.29 is 0 Å². The van der Waals surface area contributed by atoms with Crippen molar-refractivity contribution >= 4 is 37.5 Å². The Kier molecular flexibility index (Phi) is 4.81. The Morgan fingerprint density at radius 1 is 1.31 bits per heavy atom. The van der Waals surface area contributed by atoms with Gasteiger partial charge in [0.1, 0.15) is 0 Å². The summed E-state index contributed by atoms with van der Waals surface area (Å²) in [6.07, 6.45) is 2.43. The fraction of sp³-hybridized carbons (Fsp3) is 0.400. The Morgan fingerprint density at radius 2 is 2.08 bits per heavy atom. The van der Waals surface area contributed by atoms with Crippen LogP contribution in [0.3, 0.4) is 0 Å². The van der Waals surface area contributed by atoms with Gasteiger partial charge in [0.2, 0.25) is 0 Å². The van der Waals surface area contributed by atoms with E-state index in [1.165, 1.54) is 12.8 Å². The number of nitrogens with one attached hydrogen (secondary N) is 1. The Bertz CT molecular complexity index is 274. The molecule has 0 bridgehead atoms. The summed E-state index contributed by atoms with van der Waals surface area (Å²) in [4.78, 5) is 0. The molecule has 1 aromatic carbocycles. The van der Waals surface area contributed by atoms with Gasteiger partial charge in [-0.1, -0.05) is 29.3 Å². The molecule has 3 heteroatoms. The van der Waals surface area contributed by atoms with E-state index in [0.29, 0.717) is 0 Å². The third-order valence-electron chi connectivity index (χ3n) is 1.77. The Balaban J connectivity index is 2.59. The first-order valence-corrected chi connectivity index (χ1v) is 6.01. The zero-order chi connectivity index (χ0) is 9.68. The standard InChI is InChI=1S/C10H13Br2N/c1-2-3-6-13-10-7-8(11)4-5-9(10)12/h4-5,7,13H,2-3,6H2,1H3. The maximum atomic E-state index is 3.50. The molecule has 0 heterocycles. The van der Waals surface area contributed by atoms with Gasteiger partial charge in [0, 0.05) is 21.2 Å². The van der Waals surface area contributed by atoms with Gasteiger partial charge in [-0.05, 0) is 40.5 Å². The van der Waals surface area contributed by atoms with E-state index >= 15 is 0 Å². The predicted octanol–water partition coefficient (Wildman–Crippen LogP) is 4.42. The quantitative estimate of drug-likeness (QED) is 0.812. The zero-order valence-electron chi connectivity index (χ0n) is 7.61. The third kappa shape index (κ3) is 3.69. The van der Waals surface area contributed by atoms with Crippen LogP contribution in [0, 0.1) is 0 Å². The molecule has 0 unspecified atom stereocenters. The van der Waals surface area contributed by atoms with Crippen LogP contribution in [0.15, 0.2) is 27.1 Å². The summed E-state index contributed by atoms with van der Waals surface area (Å²) in [5.41, 5.74) is 1.16. The number of rotatable bonds is 4. The highest BCUT2D eigenvalue weighted by Gasteiger charge is 1.98. The van der Waals surface area contributed by atoms with Crippen LogP contribution in [0.4, 0.5) is 5.69 Å². The highest BCUT2D eigenvalue weighted by atomic mass is 79.9. The first-order chi connectivity index (χ1) is 6.24. The van der Waals surface area contributed by atoms with Crippen LogP contribution >= 0.6 is 31.9 Å². The first-order valence-electron chi connectivity index (χ1n) is 4.43. The molecule has 0 saturated carbocycles. The van der Waals surface area contributed by atoms with Gasteiger partial charge in [-0.15, -0.1) is 0 Å². The van der Waals surface area contributed by atoms with Crippen LogP contribution in [0.1, 0.15) is 19.8 Å². The van der Waals surface area contributed by atoms with Crippen LogP contribution in [0.25, 0.3) is 0 Å². The molecule has 0 aromatic heterocycles. The molecule has 0 atom stereocenters. The molecular weight excluding hydrogens is 294 g/mol. The minimum atomic E-state index is 1.03. The molecule has 0 aliphatic carbocycles. The van der Waals surface area contributed by atoms with E-state index in [9.17, 15) is 0 Å². The van der Waals surface area contributed by atoms with Crippen molar-refractivity contribution in [1.29, 1.82) is 0 Å². The number of benzene rings is 1. The minimum absolute atomic E-state index is 1.03. The molecule has 1 rings (SSSR count). The van der Waals surface area contributed by atoms with Gasteiger partial charge in [-0.25, -0.2) is 0 Å². The van der Waals surface area contributed by atoms with Gasteiger partial charge in [0.15, 0.2) is 0 Å². The molecule has 0 fully saturated rings. The van der Waals surface area contributed by atoms with Crippen molar-refractivity contribution in [3.05, 3.63) is 27.1 Å². The smallest absolute Gasteiger partial charge is 0.0495 e. The van der Waals surface area contributed by atoms with Crippen molar-refractivity contribution in [3.8, 4) is 0 Å². The van der Waals surface area contributed by atoms with Crippen molar-refractivity contribution in [2.24, 2.45) is 0 Å². The molecule has 0 saturated heterocycles. The highest BCUT2D eigenvalue weighted by Crippen LogP contribution is 2.25. The van der Waals surface area contributed by atoms with Gasteiger partial charge in [0.25, 0.3) is 0 Å². The van der Waals surface area contributed by atoms with Gasteiger partial charge in [0.05, 0.1) is 0 Å². The van der Waals surface area contributed by atoms with E-state index in [4.69, 9.17) is 0 Å². The van der Waals surface area contributed by atoms with Crippen molar-refractivity contribution in [2.45, 2.75) is 19.8 Å². The highest BCUT2D eigenvalue weighted by molar-refractivity contribution is 9.11. The normalized spacial score (nSPS) is 10.1. The summed E-state index contributed by atoms with van der Waals surface area (Å²) < 4.78 is 2.22. The van der Waals surface area contributed by atoms with Crippen molar-refractivity contribution in [2.75, 3.05) is 11.9 Å². The van der Waals surface area contributed by atoms with E-state index in [0.717, 1.165) is 21.2 Å². The number of hydrogen-bond acceptors (Lipinski definition) is 1. The van der Waals surface area contributed by atoms with Crippen LogP contribution in [0.5, 0.6) is 0 Å². The molecule has 13 heavy (non-hydrogen) atoms. The lowest BCUT2D eigenvalue weighted by Gasteiger charge is -2.07. The largest absolute Gasteiger partial charge is 0.384 e. The van der Waals surface area contributed by atoms with Crippen LogP contribution < -0.4 is 5.32 Å². The van der Waals surface area contributed by atoms with E-state index in [-0.39, 0.29) is 0 Å². The molecule has 1 nitrogen and oxygen atoms in total. The monoisotopic (exact) mass is 305 g/mol. The lowest BCUT2D eigenvalue weighted by molar-refractivity contribution is 0.834. The topological polar surface area (TPSA) is 12.0 Å². The average molecular weight is 307 g/mol. The van der Waals surface area contributed by atoms with Gasteiger partial charge < -0.3 is 5.32 Å².